The molecule has 1 aromatic heterocycles. The molecule has 3 heterocycles. The van der Waals surface area contributed by atoms with Gasteiger partial charge in [-0.2, -0.15) is 0 Å². The molecule has 2 aliphatic rings. The van der Waals surface area contributed by atoms with Crippen molar-refractivity contribution >= 4 is 5.95 Å². The molecule has 0 amide bonds. The maximum Gasteiger partial charge on any atom is 0.222 e. The minimum Gasteiger partial charge on any atom is -0.489 e. The standard InChI is InChI=1S/C19H24N4O/c1-2-5-18-15(4-1)6-7-17(24-18)14-23-12-8-16(9-13-23)22-19-20-10-3-11-21-19/h1-5,10-11,16-17H,6-9,12-14H2,(H,20,21,22). The van der Waals surface area contributed by atoms with Crippen molar-refractivity contribution in [2.75, 3.05) is 25.0 Å². The lowest BCUT2D eigenvalue weighted by molar-refractivity contribution is 0.101. The Morgan fingerprint density at radius 3 is 2.67 bits per heavy atom. The van der Waals surface area contributed by atoms with Gasteiger partial charge in [0.15, 0.2) is 0 Å². The van der Waals surface area contributed by atoms with Gasteiger partial charge in [-0.05, 0) is 43.4 Å². The molecule has 2 aliphatic heterocycles. The molecule has 0 bridgehead atoms. The predicted molar refractivity (Wildman–Crippen MR) is 94.3 cm³/mol. The fourth-order valence-corrected chi connectivity index (χ4v) is 3.61. The summed E-state index contributed by atoms with van der Waals surface area (Å²) in [6, 6.07) is 10.7. The van der Waals surface area contributed by atoms with Crippen molar-refractivity contribution in [3.05, 3.63) is 48.3 Å². The second-order valence-corrected chi connectivity index (χ2v) is 6.68. The molecule has 0 spiro atoms. The quantitative estimate of drug-likeness (QED) is 0.937. The first-order valence-electron chi connectivity index (χ1n) is 8.87. The fraction of sp³-hybridized carbons (Fsp3) is 0.474. The van der Waals surface area contributed by atoms with Crippen molar-refractivity contribution in [2.45, 2.75) is 37.8 Å². The number of aromatic nitrogens is 2. The molecule has 5 nitrogen and oxygen atoms in total. The Hall–Kier alpha value is -2.14. The van der Waals surface area contributed by atoms with Gasteiger partial charge in [0.05, 0.1) is 0 Å². The van der Waals surface area contributed by atoms with E-state index in [1.54, 1.807) is 12.4 Å². The third-order valence-corrected chi connectivity index (χ3v) is 4.95. The predicted octanol–water partition coefficient (Wildman–Crippen LogP) is 2.75. The minimum atomic E-state index is 0.321. The zero-order valence-electron chi connectivity index (χ0n) is 13.9. The second-order valence-electron chi connectivity index (χ2n) is 6.68. The van der Waals surface area contributed by atoms with E-state index in [-0.39, 0.29) is 0 Å². The van der Waals surface area contributed by atoms with E-state index in [1.807, 2.05) is 6.07 Å². The van der Waals surface area contributed by atoms with Crippen LogP contribution in [0.1, 0.15) is 24.8 Å². The molecule has 1 fully saturated rings. The van der Waals surface area contributed by atoms with Crippen LogP contribution in [-0.2, 0) is 6.42 Å². The normalized spacial score (nSPS) is 21.8. The number of piperidine rings is 1. The maximum absolute atomic E-state index is 6.18. The first-order valence-corrected chi connectivity index (χ1v) is 8.87. The van der Waals surface area contributed by atoms with E-state index in [0.717, 1.165) is 57.0 Å². The average Bonchev–Trinajstić information content (AvgIpc) is 2.64. The maximum atomic E-state index is 6.18. The van der Waals surface area contributed by atoms with Crippen molar-refractivity contribution in [1.82, 2.24) is 14.9 Å². The van der Waals surface area contributed by atoms with E-state index >= 15 is 0 Å². The zero-order chi connectivity index (χ0) is 16.2. The van der Waals surface area contributed by atoms with E-state index in [1.165, 1.54) is 5.56 Å². The van der Waals surface area contributed by atoms with Gasteiger partial charge in [0.25, 0.3) is 0 Å². The van der Waals surface area contributed by atoms with E-state index < -0.39 is 0 Å². The summed E-state index contributed by atoms with van der Waals surface area (Å²) >= 11 is 0. The lowest BCUT2D eigenvalue weighted by Gasteiger charge is -2.36. The van der Waals surface area contributed by atoms with Crippen LogP contribution >= 0.6 is 0 Å². The van der Waals surface area contributed by atoms with Crippen molar-refractivity contribution in [2.24, 2.45) is 0 Å². The Bertz CT molecular complexity index is 655. The van der Waals surface area contributed by atoms with Crippen molar-refractivity contribution in [3.8, 4) is 5.75 Å². The van der Waals surface area contributed by atoms with Gasteiger partial charge in [-0.1, -0.05) is 18.2 Å². The molecule has 1 saturated heterocycles. The molecule has 0 saturated carbocycles. The van der Waals surface area contributed by atoms with Crippen molar-refractivity contribution in [1.29, 1.82) is 0 Å². The number of para-hydroxylation sites is 1. The fourth-order valence-electron chi connectivity index (χ4n) is 3.61. The Morgan fingerprint density at radius 2 is 1.83 bits per heavy atom. The smallest absolute Gasteiger partial charge is 0.222 e. The van der Waals surface area contributed by atoms with Crippen LogP contribution in [-0.4, -0.2) is 46.6 Å². The van der Waals surface area contributed by atoms with Crippen LogP contribution in [0.4, 0.5) is 5.95 Å². The van der Waals surface area contributed by atoms with Crippen LogP contribution in [0.15, 0.2) is 42.7 Å². The minimum absolute atomic E-state index is 0.321. The Morgan fingerprint density at radius 1 is 1.04 bits per heavy atom. The summed E-state index contributed by atoms with van der Waals surface area (Å²) in [6.45, 7) is 3.24. The van der Waals surface area contributed by atoms with E-state index in [2.05, 4.69) is 44.5 Å². The molecule has 2 aromatic rings. The van der Waals surface area contributed by atoms with Gasteiger partial charge in [-0.25, -0.2) is 9.97 Å². The lowest BCUT2D eigenvalue weighted by atomic mass is 10.0. The largest absolute Gasteiger partial charge is 0.489 e. The highest BCUT2D eigenvalue weighted by Gasteiger charge is 2.25. The molecule has 1 atom stereocenters. The number of hydrogen-bond donors (Lipinski definition) is 1. The number of hydrogen-bond acceptors (Lipinski definition) is 5. The molecule has 1 aromatic carbocycles. The zero-order valence-corrected chi connectivity index (χ0v) is 13.9. The summed E-state index contributed by atoms with van der Waals surface area (Å²) in [6.07, 6.45) is 8.38. The summed E-state index contributed by atoms with van der Waals surface area (Å²) in [5.41, 5.74) is 1.35. The number of benzene rings is 1. The van der Waals surface area contributed by atoms with Gasteiger partial charge in [-0.15, -0.1) is 0 Å². The molecule has 24 heavy (non-hydrogen) atoms. The molecule has 1 N–H and O–H groups in total. The molecule has 126 valence electrons. The number of rotatable bonds is 4. The number of fused-ring (bicyclic) bond motifs is 1. The van der Waals surface area contributed by atoms with Crippen LogP contribution in [0.2, 0.25) is 0 Å². The Labute approximate surface area is 143 Å². The van der Waals surface area contributed by atoms with Gasteiger partial charge in [-0.3, -0.25) is 4.90 Å². The monoisotopic (exact) mass is 324 g/mol. The van der Waals surface area contributed by atoms with Crippen LogP contribution in [0, 0.1) is 0 Å². The highest BCUT2D eigenvalue weighted by molar-refractivity contribution is 5.35. The Kier molecular flexibility index (Phi) is 4.60. The molecule has 0 aliphatic carbocycles. The first kappa shape index (κ1) is 15.4. The topological polar surface area (TPSA) is 50.3 Å². The second kappa shape index (κ2) is 7.18. The van der Waals surface area contributed by atoms with Crippen molar-refractivity contribution in [3.63, 3.8) is 0 Å². The van der Waals surface area contributed by atoms with Gasteiger partial charge in [0.1, 0.15) is 11.9 Å². The summed E-state index contributed by atoms with van der Waals surface area (Å²) in [5, 5.41) is 3.44. The third-order valence-electron chi connectivity index (χ3n) is 4.95. The molecule has 4 rings (SSSR count). The average molecular weight is 324 g/mol. The molecular formula is C19H24N4O. The Balaban J connectivity index is 1.25. The number of anilines is 1. The van der Waals surface area contributed by atoms with E-state index in [0.29, 0.717) is 12.1 Å². The van der Waals surface area contributed by atoms with E-state index in [9.17, 15) is 0 Å². The summed E-state index contributed by atoms with van der Waals surface area (Å²) in [5.74, 6) is 1.81. The van der Waals surface area contributed by atoms with Gasteiger partial charge < -0.3 is 10.1 Å². The summed E-state index contributed by atoms with van der Waals surface area (Å²) in [4.78, 5) is 11.0. The van der Waals surface area contributed by atoms with Gasteiger partial charge in [0, 0.05) is 38.1 Å². The van der Waals surface area contributed by atoms with Crippen molar-refractivity contribution < 1.29 is 4.74 Å². The number of nitrogens with zero attached hydrogens (tertiary/aromatic N) is 3. The highest BCUT2D eigenvalue weighted by atomic mass is 16.5. The molecular weight excluding hydrogens is 300 g/mol. The lowest BCUT2D eigenvalue weighted by Crippen LogP contribution is -2.44. The van der Waals surface area contributed by atoms with Crippen LogP contribution < -0.4 is 10.1 Å². The van der Waals surface area contributed by atoms with Gasteiger partial charge >= 0.3 is 0 Å². The third kappa shape index (κ3) is 3.67. The van der Waals surface area contributed by atoms with Crippen LogP contribution in [0.3, 0.4) is 0 Å². The van der Waals surface area contributed by atoms with Crippen LogP contribution in [0.5, 0.6) is 5.75 Å². The van der Waals surface area contributed by atoms with E-state index in [4.69, 9.17) is 4.74 Å². The number of ether oxygens (including phenoxy) is 1. The molecule has 1 unspecified atom stereocenters. The number of aryl methyl sites for hydroxylation is 1. The number of nitrogens with one attached hydrogen (secondary N) is 1. The highest BCUT2D eigenvalue weighted by Crippen LogP contribution is 2.27. The van der Waals surface area contributed by atoms with Gasteiger partial charge in [0.2, 0.25) is 5.95 Å². The molecule has 5 heteroatoms. The summed E-state index contributed by atoms with van der Waals surface area (Å²) in [7, 11) is 0. The van der Waals surface area contributed by atoms with Crippen LogP contribution in [0.25, 0.3) is 0 Å². The summed E-state index contributed by atoms with van der Waals surface area (Å²) < 4.78 is 6.18. The molecule has 0 radical (unpaired) electrons. The number of likely N-dealkylation sites (tertiary alicyclic amines) is 1. The first-order chi connectivity index (χ1) is 11.9. The SMILES string of the molecule is c1cnc(NC2CCN(CC3CCc4ccccc4O3)CC2)nc1.